The fourth-order valence-electron chi connectivity index (χ4n) is 3.93. The summed E-state index contributed by atoms with van der Waals surface area (Å²) in [5.74, 6) is 0.355. The molecular weight excluding hydrogens is 394 g/mol. The molecule has 31 heavy (non-hydrogen) atoms. The Balaban J connectivity index is 1.40. The van der Waals surface area contributed by atoms with Crippen LogP contribution in [0.15, 0.2) is 42.9 Å². The minimum Gasteiger partial charge on any atom is -0.481 e. The van der Waals surface area contributed by atoms with Crippen molar-refractivity contribution >= 4 is 11.8 Å². The predicted molar refractivity (Wildman–Crippen MR) is 116 cm³/mol. The standard InChI is InChI=1S/C23H27N5O3/c1-31-21-9-7-17(13-25-21)20(12-22(29)30)18-14-26-28(15-18)11-3-5-19-8-6-16-4-2-10-24-23(16)27-19/h6-9,13-15,20H,2-5,10-12H2,1H3,(H,24,27)(H,29,30). The number of hydrogen-bond acceptors (Lipinski definition) is 6. The number of ether oxygens (including phenoxy) is 1. The van der Waals surface area contributed by atoms with E-state index in [0.717, 1.165) is 61.4 Å². The van der Waals surface area contributed by atoms with Crippen molar-refractivity contribution in [3.8, 4) is 5.88 Å². The first-order chi connectivity index (χ1) is 15.1. The number of methoxy groups -OCH3 is 1. The number of aryl methyl sites for hydroxylation is 3. The van der Waals surface area contributed by atoms with Gasteiger partial charge in [0.2, 0.25) is 5.88 Å². The van der Waals surface area contributed by atoms with Gasteiger partial charge in [-0.25, -0.2) is 9.97 Å². The van der Waals surface area contributed by atoms with Gasteiger partial charge in [-0.15, -0.1) is 0 Å². The van der Waals surface area contributed by atoms with Crippen LogP contribution in [-0.2, 0) is 24.2 Å². The number of nitrogens with one attached hydrogen (secondary N) is 1. The monoisotopic (exact) mass is 421 g/mol. The molecule has 0 spiro atoms. The van der Waals surface area contributed by atoms with Crippen LogP contribution in [0, 0.1) is 0 Å². The van der Waals surface area contributed by atoms with Crippen LogP contribution in [0.2, 0.25) is 0 Å². The number of aromatic nitrogens is 4. The number of anilines is 1. The third-order valence-electron chi connectivity index (χ3n) is 5.58. The molecule has 4 heterocycles. The number of carboxylic acids is 1. The lowest BCUT2D eigenvalue weighted by molar-refractivity contribution is -0.137. The quantitative estimate of drug-likeness (QED) is 0.547. The SMILES string of the molecule is COc1ccc(C(CC(=O)O)c2cnn(CCCc3ccc4c(n3)NCCC4)c2)cn1. The zero-order valence-corrected chi connectivity index (χ0v) is 17.6. The Kier molecular flexibility index (Phi) is 6.45. The van der Waals surface area contributed by atoms with Gasteiger partial charge in [0.15, 0.2) is 0 Å². The maximum Gasteiger partial charge on any atom is 0.304 e. The van der Waals surface area contributed by atoms with Crippen molar-refractivity contribution in [2.24, 2.45) is 0 Å². The molecule has 0 saturated heterocycles. The van der Waals surface area contributed by atoms with E-state index >= 15 is 0 Å². The van der Waals surface area contributed by atoms with Gasteiger partial charge < -0.3 is 15.2 Å². The maximum atomic E-state index is 11.4. The van der Waals surface area contributed by atoms with Crippen LogP contribution in [0.4, 0.5) is 5.82 Å². The average Bonchev–Trinajstić information content (AvgIpc) is 3.26. The number of nitrogens with zero attached hydrogens (tertiary/aromatic N) is 4. The van der Waals surface area contributed by atoms with Crippen molar-refractivity contribution in [2.75, 3.05) is 19.0 Å². The van der Waals surface area contributed by atoms with Gasteiger partial charge in [-0.2, -0.15) is 5.10 Å². The lowest BCUT2D eigenvalue weighted by atomic mass is 9.92. The summed E-state index contributed by atoms with van der Waals surface area (Å²) < 4.78 is 6.97. The molecule has 0 aliphatic carbocycles. The Morgan fingerprint density at radius 1 is 1.26 bits per heavy atom. The minimum atomic E-state index is -0.860. The van der Waals surface area contributed by atoms with Crippen LogP contribution < -0.4 is 10.1 Å². The van der Waals surface area contributed by atoms with E-state index in [1.807, 2.05) is 16.9 Å². The van der Waals surface area contributed by atoms with Gasteiger partial charge in [-0.3, -0.25) is 9.48 Å². The molecule has 1 atom stereocenters. The number of aliphatic carboxylic acids is 1. The predicted octanol–water partition coefficient (Wildman–Crippen LogP) is 3.28. The van der Waals surface area contributed by atoms with E-state index in [0.29, 0.717) is 5.88 Å². The highest BCUT2D eigenvalue weighted by Gasteiger charge is 2.20. The molecule has 1 unspecified atom stereocenters. The molecule has 0 aromatic carbocycles. The van der Waals surface area contributed by atoms with Gasteiger partial charge in [-0.05, 0) is 48.4 Å². The van der Waals surface area contributed by atoms with Crippen LogP contribution in [0.1, 0.15) is 47.6 Å². The summed E-state index contributed by atoms with van der Waals surface area (Å²) >= 11 is 0. The first-order valence-corrected chi connectivity index (χ1v) is 10.6. The molecule has 2 N–H and O–H groups in total. The van der Waals surface area contributed by atoms with Crippen molar-refractivity contribution < 1.29 is 14.6 Å². The molecule has 3 aromatic rings. The second kappa shape index (κ2) is 9.59. The van der Waals surface area contributed by atoms with Crippen molar-refractivity contribution in [3.63, 3.8) is 0 Å². The smallest absolute Gasteiger partial charge is 0.304 e. The number of pyridine rings is 2. The fourth-order valence-corrected chi connectivity index (χ4v) is 3.93. The number of carbonyl (C=O) groups is 1. The Morgan fingerprint density at radius 3 is 2.94 bits per heavy atom. The highest BCUT2D eigenvalue weighted by Crippen LogP contribution is 2.28. The van der Waals surface area contributed by atoms with Crippen LogP contribution in [0.3, 0.4) is 0 Å². The maximum absolute atomic E-state index is 11.4. The van der Waals surface area contributed by atoms with E-state index in [4.69, 9.17) is 9.72 Å². The van der Waals surface area contributed by atoms with Gasteiger partial charge in [-0.1, -0.05) is 12.1 Å². The minimum absolute atomic E-state index is 0.0221. The number of carboxylic acid groups (broad SMARTS) is 1. The average molecular weight is 422 g/mol. The second-order valence-corrected chi connectivity index (χ2v) is 7.77. The van der Waals surface area contributed by atoms with Gasteiger partial charge in [0, 0.05) is 43.2 Å². The summed E-state index contributed by atoms with van der Waals surface area (Å²) in [6, 6.07) is 7.89. The molecule has 162 valence electrons. The van der Waals surface area contributed by atoms with E-state index in [-0.39, 0.29) is 12.3 Å². The number of hydrogen-bond donors (Lipinski definition) is 2. The van der Waals surface area contributed by atoms with E-state index in [1.165, 1.54) is 5.56 Å². The zero-order valence-electron chi connectivity index (χ0n) is 17.6. The van der Waals surface area contributed by atoms with Crippen molar-refractivity contribution in [2.45, 2.75) is 44.6 Å². The molecule has 8 heteroatoms. The topological polar surface area (TPSA) is 102 Å². The molecule has 1 aliphatic heterocycles. The highest BCUT2D eigenvalue weighted by molar-refractivity contribution is 5.69. The molecule has 8 nitrogen and oxygen atoms in total. The Bertz CT molecular complexity index is 1030. The summed E-state index contributed by atoms with van der Waals surface area (Å²) in [5.41, 5.74) is 4.07. The van der Waals surface area contributed by atoms with Gasteiger partial charge in [0.05, 0.1) is 19.7 Å². The highest BCUT2D eigenvalue weighted by atomic mass is 16.5. The first-order valence-electron chi connectivity index (χ1n) is 10.6. The van der Waals surface area contributed by atoms with Crippen LogP contribution in [-0.4, -0.2) is 44.5 Å². The molecule has 0 bridgehead atoms. The summed E-state index contributed by atoms with van der Waals surface area (Å²) in [7, 11) is 1.55. The lowest BCUT2D eigenvalue weighted by Crippen LogP contribution is -2.14. The molecule has 0 amide bonds. The largest absolute Gasteiger partial charge is 0.481 e. The summed E-state index contributed by atoms with van der Waals surface area (Å²) in [6.45, 7) is 1.73. The Labute approximate surface area is 181 Å². The molecule has 3 aromatic heterocycles. The molecular formula is C23H27N5O3. The Morgan fingerprint density at radius 2 is 2.16 bits per heavy atom. The van der Waals surface area contributed by atoms with Gasteiger partial charge in [0.25, 0.3) is 0 Å². The Hall–Kier alpha value is -3.42. The van der Waals surface area contributed by atoms with E-state index in [9.17, 15) is 9.90 Å². The molecule has 4 rings (SSSR count). The summed E-state index contributed by atoms with van der Waals surface area (Å²) in [4.78, 5) is 20.4. The van der Waals surface area contributed by atoms with Gasteiger partial charge in [0.1, 0.15) is 5.82 Å². The molecule has 1 aliphatic rings. The third-order valence-corrected chi connectivity index (χ3v) is 5.58. The molecule has 0 fully saturated rings. The third kappa shape index (κ3) is 5.20. The van der Waals surface area contributed by atoms with Crippen molar-refractivity contribution in [1.29, 1.82) is 0 Å². The van der Waals surface area contributed by atoms with Crippen LogP contribution in [0.5, 0.6) is 5.88 Å². The summed E-state index contributed by atoms with van der Waals surface area (Å²) in [5, 5.41) is 17.2. The lowest BCUT2D eigenvalue weighted by Gasteiger charge is -2.17. The number of fused-ring (bicyclic) bond motifs is 1. The summed E-state index contributed by atoms with van der Waals surface area (Å²) in [6.07, 6.45) is 9.34. The van der Waals surface area contributed by atoms with Crippen LogP contribution in [0.25, 0.3) is 0 Å². The molecule has 0 saturated carbocycles. The zero-order chi connectivity index (χ0) is 21.6. The normalized spacial score (nSPS) is 13.8. The van der Waals surface area contributed by atoms with Crippen molar-refractivity contribution in [3.05, 3.63) is 65.2 Å². The van der Waals surface area contributed by atoms with E-state index in [2.05, 4.69) is 27.5 Å². The number of rotatable bonds is 9. The second-order valence-electron chi connectivity index (χ2n) is 7.77. The molecule has 0 radical (unpaired) electrons. The van der Waals surface area contributed by atoms with Crippen molar-refractivity contribution in [1.82, 2.24) is 19.7 Å². The van der Waals surface area contributed by atoms with E-state index in [1.54, 1.807) is 25.6 Å². The first kappa shape index (κ1) is 20.8. The van der Waals surface area contributed by atoms with Crippen LogP contribution >= 0.6 is 0 Å². The van der Waals surface area contributed by atoms with E-state index < -0.39 is 5.97 Å². The fraction of sp³-hybridized carbons (Fsp3) is 0.391. The van der Waals surface area contributed by atoms with Gasteiger partial charge >= 0.3 is 5.97 Å².